The van der Waals surface area contributed by atoms with Gasteiger partial charge in [0, 0.05) is 6.54 Å². The van der Waals surface area contributed by atoms with Crippen LogP contribution in [0.3, 0.4) is 0 Å². The molecule has 2 N–H and O–H groups in total. The summed E-state index contributed by atoms with van der Waals surface area (Å²) in [4.78, 5) is 13.6. The Balaban J connectivity index is 1.81. The second kappa shape index (κ2) is 4.31. The molecule has 4 nitrogen and oxygen atoms in total. The summed E-state index contributed by atoms with van der Waals surface area (Å²) in [5, 5.41) is 0. The molecule has 18 heavy (non-hydrogen) atoms. The summed E-state index contributed by atoms with van der Waals surface area (Å²) in [6.07, 6.45) is 1.60. The monoisotopic (exact) mass is 242 g/mol. The minimum atomic E-state index is -0.486. The normalized spacial score (nSPS) is 22.9. The summed E-state index contributed by atoms with van der Waals surface area (Å²) in [6, 6.07) is 12.9. The fraction of sp³-hybridized carbons (Fsp3) is 0.214. The Kier molecular flexibility index (Phi) is 2.64. The van der Waals surface area contributed by atoms with Crippen molar-refractivity contribution in [3.05, 3.63) is 60.1 Å². The maximum Gasteiger partial charge on any atom is 0.243 e. The van der Waals surface area contributed by atoms with Crippen LogP contribution in [0, 0.1) is 0 Å². The predicted octanol–water partition coefficient (Wildman–Crippen LogP) is 1.69. The topological polar surface area (TPSA) is 59.5 Å². The highest BCUT2D eigenvalue weighted by molar-refractivity contribution is 5.89. The van der Waals surface area contributed by atoms with E-state index in [-0.39, 0.29) is 11.9 Å². The molecular weight excluding hydrogens is 228 g/mol. The zero-order chi connectivity index (χ0) is 12.5. The van der Waals surface area contributed by atoms with Crippen molar-refractivity contribution in [1.82, 2.24) is 4.90 Å². The van der Waals surface area contributed by atoms with Gasteiger partial charge in [0.25, 0.3) is 0 Å². The zero-order valence-electron chi connectivity index (χ0n) is 9.82. The van der Waals surface area contributed by atoms with E-state index in [9.17, 15) is 4.79 Å². The molecule has 0 radical (unpaired) electrons. The van der Waals surface area contributed by atoms with E-state index in [0.29, 0.717) is 6.54 Å². The fourth-order valence-corrected chi connectivity index (χ4v) is 2.32. The van der Waals surface area contributed by atoms with Gasteiger partial charge in [-0.1, -0.05) is 30.3 Å². The standard InChI is InChI=1S/C14H14N2O2/c15-12-13(11-7-4-8-18-11)16(14(12)17)9-10-5-2-1-3-6-10/h1-8,12-13H,9,15H2. The van der Waals surface area contributed by atoms with E-state index in [1.54, 1.807) is 11.2 Å². The van der Waals surface area contributed by atoms with Crippen LogP contribution in [0.4, 0.5) is 0 Å². The van der Waals surface area contributed by atoms with Crippen molar-refractivity contribution in [2.45, 2.75) is 18.6 Å². The average Bonchev–Trinajstić information content (AvgIpc) is 2.92. The number of hydrogen-bond donors (Lipinski definition) is 1. The third-order valence-corrected chi connectivity index (χ3v) is 3.27. The summed E-state index contributed by atoms with van der Waals surface area (Å²) >= 11 is 0. The third kappa shape index (κ3) is 1.71. The van der Waals surface area contributed by atoms with Gasteiger partial charge in [-0.15, -0.1) is 0 Å². The Hall–Kier alpha value is -2.07. The van der Waals surface area contributed by atoms with E-state index in [0.717, 1.165) is 11.3 Å². The maximum absolute atomic E-state index is 11.8. The van der Waals surface area contributed by atoms with Gasteiger partial charge in [0.2, 0.25) is 5.91 Å². The number of amides is 1. The van der Waals surface area contributed by atoms with E-state index in [4.69, 9.17) is 10.2 Å². The molecule has 4 heteroatoms. The average molecular weight is 242 g/mol. The van der Waals surface area contributed by atoms with Crippen molar-refractivity contribution in [1.29, 1.82) is 0 Å². The first-order valence-corrected chi connectivity index (χ1v) is 5.91. The molecule has 1 aliphatic heterocycles. The lowest BCUT2D eigenvalue weighted by molar-refractivity contribution is -0.151. The summed E-state index contributed by atoms with van der Waals surface area (Å²) in [6.45, 7) is 0.568. The van der Waals surface area contributed by atoms with Crippen LogP contribution in [0.15, 0.2) is 53.1 Å². The molecule has 2 heterocycles. The van der Waals surface area contributed by atoms with Crippen LogP contribution in [0.1, 0.15) is 17.4 Å². The number of carbonyl (C=O) groups is 1. The smallest absolute Gasteiger partial charge is 0.243 e. The van der Waals surface area contributed by atoms with E-state index in [2.05, 4.69) is 0 Å². The quantitative estimate of drug-likeness (QED) is 0.833. The Morgan fingerprint density at radius 1 is 1.17 bits per heavy atom. The van der Waals surface area contributed by atoms with E-state index >= 15 is 0 Å². The third-order valence-electron chi connectivity index (χ3n) is 3.27. The zero-order valence-corrected chi connectivity index (χ0v) is 9.82. The van der Waals surface area contributed by atoms with Crippen LogP contribution in [0.5, 0.6) is 0 Å². The Morgan fingerprint density at radius 3 is 2.61 bits per heavy atom. The fourth-order valence-electron chi connectivity index (χ4n) is 2.32. The Bertz CT molecular complexity index is 536. The van der Waals surface area contributed by atoms with Gasteiger partial charge in [-0.3, -0.25) is 4.79 Å². The molecule has 1 aliphatic rings. The summed E-state index contributed by atoms with van der Waals surface area (Å²) in [5.74, 6) is 0.721. The van der Waals surface area contributed by atoms with Gasteiger partial charge >= 0.3 is 0 Å². The molecule has 2 aromatic rings. The van der Waals surface area contributed by atoms with Crippen LogP contribution in [0.25, 0.3) is 0 Å². The number of furan rings is 1. The van der Waals surface area contributed by atoms with Crippen LogP contribution >= 0.6 is 0 Å². The molecule has 1 aromatic carbocycles. The van der Waals surface area contributed by atoms with Gasteiger partial charge in [-0.05, 0) is 17.7 Å². The van der Waals surface area contributed by atoms with Crippen LogP contribution in [0.2, 0.25) is 0 Å². The molecule has 92 valence electrons. The lowest BCUT2D eigenvalue weighted by Gasteiger charge is -2.44. The number of likely N-dealkylation sites (tertiary alicyclic amines) is 1. The van der Waals surface area contributed by atoms with Gasteiger partial charge in [-0.25, -0.2) is 0 Å². The lowest BCUT2D eigenvalue weighted by Crippen LogP contribution is -2.62. The molecule has 0 spiro atoms. The molecule has 1 aromatic heterocycles. The van der Waals surface area contributed by atoms with Crippen LogP contribution in [-0.2, 0) is 11.3 Å². The number of benzene rings is 1. The first-order chi connectivity index (χ1) is 8.77. The van der Waals surface area contributed by atoms with Gasteiger partial charge in [0.05, 0.1) is 6.26 Å². The minimum Gasteiger partial charge on any atom is -0.467 e. The van der Waals surface area contributed by atoms with Gasteiger partial charge in [-0.2, -0.15) is 0 Å². The summed E-state index contributed by atoms with van der Waals surface area (Å²) < 4.78 is 5.35. The SMILES string of the molecule is NC1C(=O)N(Cc2ccccc2)C1c1ccco1. The molecule has 1 amide bonds. The van der Waals surface area contributed by atoms with Gasteiger partial charge in [0.15, 0.2) is 0 Å². The highest BCUT2D eigenvalue weighted by atomic mass is 16.3. The van der Waals surface area contributed by atoms with Crippen LogP contribution < -0.4 is 5.73 Å². The summed E-state index contributed by atoms with van der Waals surface area (Å²) in [5.41, 5.74) is 6.94. The number of rotatable bonds is 3. The summed E-state index contributed by atoms with van der Waals surface area (Å²) in [7, 11) is 0. The molecule has 0 aliphatic carbocycles. The number of nitrogens with zero attached hydrogens (tertiary/aromatic N) is 1. The molecule has 0 bridgehead atoms. The van der Waals surface area contributed by atoms with Crippen molar-refractivity contribution >= 4 is 5.91 Å². The number of carbonyl (C=O) groups excluding carboxylic acids is 1. The highest BCUT2D eigenvalue weighted by Gasteiger charge is 2.47. The molecule has 2 atom stereocenters. The van der Waals surface area contributed by atoms with E-state index < -0.39 is 6.04 Å². The van der Waals surface area contributed by atoms with Gasteiger partial charge in [0.1, 0.15) is 17.8 Å². The Labute approximate surface area is 105 Å². The van der Waals surface area contributed by atoms with E-state index in [1.807, 2.05) is 42.5 Å². The first-order valence-electron chi connectivity index (χ1n) is 5.91. The predicted molar refractivity (Wildman–Crippen MR) is 66.4 cm³/mol. The number of nitrogens with two attached hydrogens (primary N) is 1. The number of β-lactam (4-membered cyclic amide) rings is 1. The molecule has 1 fully saturated rings. The van der Waals surface area contributed by atoms with Crippen molar-refractivity contribution in [2.24, 2.45) is 5.73 Å². The second-order valence-corrected chi connectivity index (χ2v) is 4.44. The largest absolute Gasteiger partial charge is 0.467 e. The Morgan fingerprint density at radius 2 is 1.94 bits per heavy atom. The second-order valence-electron chi connectivity index (χ2n) is 4.44. The lowest BCUT2D eigenvalue weighted by atomic mass is 9.93. The van der Waals surface area contributed by atoms with Crippen LogP contribution in [-0.4, -0.2) is 16.8 Å². The van der Waals surface area contributed by atoms with Crippen molar-refractivity contribution in [3.8, 4) is 0 Å². The van der Waals surface area contributed by atoms with E-state index in [1.165, 1.54) is 0 Å². The number of hydrogen-bond acceptors (Lipinski definition) is 3. The highest BCUT2D eigenvalue weighted by Crippen LogP contribution is 2.35. The molecule has 2 unspecified atom stereocenters. The van der Waals surface area contributed by atoms with Crippen molar-refractivity contribution < 1.29 is 9.21 Å². The van der Waals surface area contributed by atoms with Gasteiger partial charge < -0.3 is 15.1 Å². The molecule has 3 rings (SSSR count). The maximum atomic E-state index is 11.8. The molecule has 0 saturated carbocycles. The minimum absolute atomic E-state index is 0.0275. The molecular formula is C14H14N2O2. The molecule has 1 saturated heterocycles. The first kappa shape index (κ1) is 11.0. The van der Waals surface area contributed by atoms with Crippen molar-refractivity contribution in [2.75, 3.05) is 0 Å². The van der Waals surface area contributed by atoms with Crippen molar-refractivity contribution in [3.63, 3.8) is 0 Å².